The molecule has 0 bridgehead atoms. The molecular formula is C13H16N2O3S. The third kappa shape index (κ3) is 3.36. The summed E-state index contributed by atoms with van der Waals surface area (Å²) in [4.78, 5) is 4.20. The second kappa shape index (κ2) is 6.40. The molecule has 0 radical (unpaired) electrons. The Labute approximate surface area is 115 Å². The van der Waals surface area contributed by atoms with E-state index < -0.39 is 0 Å². The van der Waals surface area contributed by atoms with E-state index in [1.165, 1.54) is 14.2 Å². The van der Waals surface area contributed by atoms with Gasteiger partial charge in [-0.05, 0) is 17.7 Å². The Kier molecular flexibility index (Phi) is 4.59. The van der Waals surface area contributed by atoms with Crippen LogP contribution < -0.4 is 14.8 Å². The Morgan fingerprint density at radius 1 is 1.21 bits per heavy atom. The lowest BCUT2D eigenvalue weighted by atomic mass is 10.2. The highest BCUT2D eigenvalue weighted by Crippen LogP contribution is 2.36. The highest BCUT2D eigenvalue weighted by molar-refractivity contribution is 7.09. The van der Waals surface area contributed by atoms with Crippen molar-refractivity contribution in [1.82, 2.24) is 10.3 Å². The Morgan fingerprint density at radius 3 is 2.42 bits per heavy atom. The summed E-state index contributed by atoms with van der Waals surface area (Å²) in [5.41, 5.74) is 0.975. The van der Waals surface area contributed by atoms with Crippen LogP contribution in [0.3, 0.4) is 0 Å². The van der Waals surface area contributed by atoms with Gasteiger partial charge in [0.05, 0.1) is 14.2 Å². The van der Waals surface area contributed by atoms with Crippen molar-refractivity contribution in [3.8, 4) is 17.2 Å². The average molecular weight is 280 g/mol. The summed E-state index contributed by atoms with van der Waals surface area (Å²) >= 11 is 1.61. The van der Waals surface area contributed by atoms with Gasteiger partial charge in [0.1, 0.15) is 5.01 Å². The van der Waals surface area contributed by atoms with E-state index in [1.807, 2.05) is 5.38 Å². The molecule has 0 fully saturated rings. The Hall–Kier alpha value is -1.79. The number of methoxy groups -OCH3 is 2. The van der Waals surface area contributed by atoms with Crippen LogP contribution in [0.4, 0.5) is 0 Å². The molecule has 0 aliphatic heterocycles. The van der Waals surface area contributed by atoms with Crippen molar-refractivity contribution in [2.24, 2.45) is 0 Å². The van der Waals surface area contributed by atoms with Crippen LogP contribution in [0.15, 0.2) is 23.7 Å². The van der Waals surface area contributed by atoms with E-state index in [9.17, 15) is 5.11 Å². The van der Waals surface area contributed by atoms with Crippen LogP contribution >= 0.6 is 11.3 Å². The zero-order chi connectivity index (χ0) is 13.7. The van der Waals surface area contributed by atoms with Gasteiger partial charge in [0.2, 0.25) is 5.75 Å². The van der Waals surface area contributed by atoms with E-state index in [0.29, 0.717) is 24.6 Å². The number of hydrogen-bond donors (Lipinski definition) is 2. The zero-order valence-electron chi connectivity index (χ0n) is 10.8. The number of rotatable bonds is 6. The smallest absolute Gasteiger partial charge is 0.200 e. The van der Waals surface area contributed by atoms with Crippen molar-refractivity contribution in [2.75, 3.05) is 14.2 Å². The number of aromatic nitrogens is 1. The molecule has 0 unspecified atom stereocenters. The topological polar surface area (TPSA) is 63.6 Å². The maximum Gasteiger partial charge on any atom is 0.200 e. The second-order valence-corrected chi connectivity index (χ2v) is 4.86. The molecule has 2 rings (SSSR count). The first-order valence-corrected chi connectivity index (χ1v) is 6.65. The van der Waals surface area contributed by atoms with Gasteiger partial charge in [-0.3, -0.25) is 0 Å². The number of nitrogens with zero attached hydrogens (tertiary/aromatic N) is 1. The fraction of sp³-hybridized carbons (Fsp3) is 0.308. The highest BCUT2D eigenvalue weighted by Gasteiger charge is 2.10. The summed E-state index contributed by atoms with van der Waals surface area (Å²) < 4.78 is 10.2. The summed E-state index contributed by atoms with van der Waals surface area (Å²) in [5, 5.41) is 16.1. The molecule has 0 aliphatic rings. The number of phenolic OH excluding ortho intramolecular Hbond substituents is 1. The van der Waals surface area contributed by atoms with Gasteiger partial charge in [-0.2, -0.15) is 0 Å². The third-order valence-electron chi connectivity index (χ3n) is 2.63. The molecule has 19 heavy (non-hydrogen) atoms. The van der Waals surface area contributed by atoms with E-state index in [1.54, 1.807) is 29.7 Å². The van der Waals surface area contributed by atoms with Gasteiger partial charge in [0.15, 0.2) is 11.5 Å². The summed E-state index contributed by atoms with van der Waals surface area (Å²) in [5.74, 6) is 0.837. The number of ether oxygens (including phenoxy) is 2. The first-order valence-electron chi connectivity index (χ1n) is 5.77. The minimum absolute atomic E-state index is 0.0219. The number of hydrogen-bond acceptors (Lipinski definition) is 6. The Morgan fingerprint density at radius 2 is 1.89 bits per heavy atom. The van der Waals surface area contributed by atoms with Gasteiger partial charge < -0.3 is 19.9 Å². The number of thiazole rings is 1. The highest BCUT2D eigenvalue weighted by atomic mass is 32.1. The molecule has 0 atom stereocenters. The van der Waals surface area contributed by atoms with Crippen molar-refractivity contribution in [1.29, 1.82) is 0 Å². The fourth-order valence-corrected chi connectivity index (χ4v) is 2.29. The van der Waals surface area contributed by atoms with Crippen LogP contribution in [0.2, 0.25) is 0 Å². The standard InChI is InChI=1S/C13H16N2O3S/c1-17-10-5-9(6-11(18-2)13(10)16)7-14-8-12-15-3-4-19-12/h3-6,14,16H,7-8H2,1-2H3. The number of benzene rings is 1. The summed E-state index contributed by atoms with van der Waals surface area (Å²) in [6.45, 7) is 1.36. The molecule has 0 aliphatic carbocycles. The molecule has 1 heterocycles. The monoisotopic (exact) mass is 280 g/mol. The van der Waals surface area contributed by atoms with E-state index in [4.69, 9.17) is 9.47 Å². The van der Waals surface area contributed by atoms with Gasteiger partial charge in [-0.15, -0.1) is 11.3 Å². The predicted molar refractivity (Wildman–Crippen MR) is 73.9 cm³/mol. The maximum absolute atomic E-state index is 9.81. The maximum atomic E-state index is 9.81. The first kappa shape index (κ1) is 13.6. The molecule has 1 aromatic heterocycles. The van der Waals surface area contributed by atoms with Crippen LogP contribution in [-0.4, -0.2) is 24.3 Å². The molecule has 5 nitrogen and oxygen atoms in total. The van der Waals surface area contributed by atoms with E-state index in [0.717, 1.165) is 10.6 Å². The predicted octanol–water partition coefficient (Wildman–Crippen LogP) is 2.16. The normalized spacial score (nSPS) is 10.4. The van der Waals surface area contributed by atoms with Gasteiger partial charge in [-0.1, -0.05) is 0 Å². The molecule has 2 N–H and O–H groups in total. The lowest BCUT2D eigenvalue weighted by Crippen LogP contribution is -2.12. The van der Waals surface area contributed by atoms with Gasteiger partial charge in [-0.25, -0.2) is 4.98 Å². The van der Waals surface area contributed by atoms with Crippen molar-refractivity contribution < 1.29 is 14.6 Å². The van der Waals surface area contributed by atoms with Crippen LogP contribution in [0.25, 0.3) is 0 Å². The first-order chi connectivity index (χ1) is 9.24. The SMILES string of the molecule is COc1cc(CNCc2nccs2)cc(OC)c1O. The summed E-state index contributed by atoms with van der Waals surface area (Å²) in [6, 6.07) is 3.57. The van der Waals surface area contributed by atoms with Crippen molar-refractivity contribution in [3.05, 3.63) is 34.3 Å². The van der Waals surface area contributed by atoms with Gasteiger partial charge in [0.25, 0.3) is 0 Å². The average Bonchev–Trinajstić information content (AvgIpc) is 2.93. The molecule has 1 aromatic carbocycles. The largest absolute Gasteiger partial charge is 0.502 e. The van der Waals surface area contributed by atoms with Crippen LogP contribution in [0, 0.1) is 0 Å². The van der Waals surface area contributed by atoms with Crippen LogP contribution in [0.5, 0.6) is 17.2 Å². The Bertz CT molecular complexity index is 504. The minimum Gasteiger partial charge on any atom is -0.502 e. The second-order valence-electron chi connectivity index (χ2n) is 3.88. The summed E-state index contributed by atoms with van der Waals surface area (Å²) in [7, 11) is 3.03. The molecular weight excluding hydrogens is 264 g/mol. The fourth-order valence-electron chi connectivity index (χ4n) is 1.70. The summed E-state index contributed by atoms with van der Waals surface area (Å²) in [6.07, 6.45) is 1.79. The van der Waals surface area contributed by atoms with Crippen LogP contribution in [0.1, 0.15) is 10.6 Å². The molecule has 0 saturated carbocycles. The van der Waals surface area contributed by atoms with Gasteiger partial charge >= 0.3 is 0 Å². The van der Waals surface area contributed by atoms with Crippen molar-refractivity contribution in [3.63, 3.8) is 0 Å². The quantitative estimate of drug-likeness (QED) is 0.849. The van der Waals surface area contributed by atoms with Gasteiger partial charge in [0, 0.05) is 24.7 Å². The van der Waals surface area contributed by atoms with E-state index >= 15 is 0 Å². The molecule has 2 aromatic rings. The lowest BCUT2D eigenvalue weighted by Gasteiger charge is -2.11. The molecule has 0 amide bonds. The lowest BCUT2D eigenvalue weighted by molar-refractivity contribution is 0.339. The Balaban J connectivity index is 2.03. The minimum atomic E-state index is 0.0219. The molecule has 102 valence electrons. The third-order valence-corrected chi connectivity index (χ3v) is 3.41. The molecule has 0 saturated heterocycles. The van der Waals surface area contributed by atoms with Crippen LogP contribution in [-0.2, 0) is 13.1 Å². The number of phenols is 1. The zero-order valence-corrected chi connectivity index (χ0v) is 11.7. The van der Waals surface area contributed by atoms with Crippen molar-refractivity contribution in [2.45, 2.75) is 13.1 Å². The number of aromatic hydroxyl groups is 1. The van der Waals surface area contributed by atoms with E-state index in [-0.39, 0.29) is 5.75 Å². The van der Waals surface area contributed by atoms with E-state index in [2.05, 4.69) is 10.3 Å². The number of nitrogens with one attached hydrogen (secondary N) is 1. The molecule has 6 heteroatoms. The van der Waals surface area contributed by atoms with Crippen molar-refractivity contribution >= 4 is 11.3 Å². The molecule has 0 spiro atoms.